The molecular weight excluding hydrogens is 370 g/mol. The molecule has 2 aromatic rings. The number of hydrogen-bond acceptors (Lipinski definition) is 6. The van der Waals surface area contributed by atoms with Crippen LogP contribution in [0.2, 0.25) is 0 Å². The second-order valence-corrected chi connectivity index (χ2v) is 6.83. The van der Waals surface area contributed by atoms with Crippen molar-refractivity contribution in [2.75, 3.05) is 36.5 Å². The smallest absolute Gasteiger partial charge is 0.309 e. The van der Waals surface area contributed by atoms with Crippen molar-refractivity contribution >= 4 is 23.4 Å². The number of nitrogens with one attached hydrogen (secondary N) is 1. The lowest BCUT2D eigenvalue weighted by Crippen LogP contribution is -2.37. The average Bonchev–Trinajstić information content (AvgIpc) is 2.76. The molecular formula is C22H27N3O4. The molecule has 0 bridgehead atoms. The maximum absolute atomic E-state index is 12.6. The van der Waals surface area contributed by atoms with Crippen molar-refractivity contribution < 1.29 is 19.1 Å². The van der Waals surface area contributed by atoms with Gasteiger partial charge in [0.05, 0.1) is 19.1 Å². The third kappa shape index (κ3) is 5.47. The van der Waals surface area contributed by atoms with Crippen molar-refractivity contribution in [2.45, 2.75) is 26.7 Å². The monoisotopic (exact) mass is 397 g/mol. The van der Waals surface area contributed by atoms with Gasteiger partial charge in [0.1, 0.15) is 11.6 Å². The first-order valence-electron chi connectivity index (χ1n) is 10.0. The first-order valence-corrected chi connectivity index (χ1v) is 10.0. The third-order valence-corrected chi connectivity index (χ3v) is 4.87. The number of rotatable bonds is 7. The van der Waals surface area contributed by atoms with E-state index in [0.717, 1.165) is 24.4 Å². The molecule has 1 N–H and O–H groups in total. The van der Waals surface area contributed by atoms with Crippen LogP contribution in [0.5, 0.6) is 5.75 Å². The van der Waals surface area contributed by atoms with Crippen LogP contribution < -0.4 is 15.0 Å². The molecule has 1 aromatic carbocycles. The van der Waals surface area contributed by atoms with Gasteiger partial charge in [0.2, 0.25) is 0 Å². The van der Waals surface area contributed by atoms with Gasteiger partial charge in [0, 0.05) is 30.5 Å². The SMILES string of the molecule is CCOC(=O)C1CCN(c2cc(C(=O)Nc3ccc(OCC)cc3)ccn2)CC1. The number of aromatic nitrogens is 1. The Labute approximate surface area is 171 Å². The highest BCUT2D eigenvalue weighted by Gasteiger charge is 2.26. The van der Waals surface area contributed by atoms with E-state index >= 15 is 0 Å². The molecule has 7 nitrogen and oxygen atoms in total. The largest absolute Gasteiger partial charge is 0.494 e. The Morgan fingerprint density at radius 1 is 1.10 bits per heavy atom. The number of esters is 1. The Balaban J connectivity index is 1.60. The summed E-state index contributed by atoms with van der Waals surface area (Å²) in [4.78, 5) is 31.0. The van der Waals surface area contributed by atoms with Gasteiger partial charge >= 0.3 is 5.97 Å². The number of hydrogen-bond donors (Lipinski definition) is 1. The number of nitrogens with zero attached hydrogens (tertiary/aromatic N) is 2. The fraction of sp³-hybridized carbons (Fsp3) is 0.409. The second kappa shape index (κ2) is 9.91. The highest BCUT2D eigenvalue weighted by Crippen LogP contribution is 2.24. The Bertz CT molecular complexity index is 830. The maximum Gasteiger partial charge on any atom is 0.309 e. The molecule has 0 unspecified atom stereocenters. The first-order chi connectivity index (χ1) is 14.1. The lowest BCUT2D eigenvalue weighted by molar-refractivity contribution is -0.148. The van der Waals surface area contributed by atoms with E-state index in [4.69, 9.17) is 9.47 Å². The van der Waals surface area contributed by atoms with Gasteiger partial charge in [-0.15, -0.1) is 0 Å². The molecule has 2 heterocycles. The van der Waals surface area contributed by atoms with Crippen molar-refractivity contribution in [3.63, 3.8) is 0 Å². The molecule has 154 valence electrons. The predicted octanol–water partition coefficient (Wildman–Crippen LogP) is 3.51. The van der Waals surface area contributed by atoms with Gasteiger partial charge < -0.3 is 19.7 Å². The van der Waals surface area contributed by atoms with E-state index < -0.39 is 0 Å². The van der Waals surface area contributed by atoms with Crippen molar-refractivity contribution in [1.29, 1.82) is 0 Å². The van der Waals surface area contributed by atoms with Crippen LogP contribution in [0.15, 0.2) is 42.6 Å². The molecule has 7 heteroatoms. The van der Waals surface area contributed by atoms with E-state index in [1.54, 1.807) is 18.3 Å². The predicted molar refractivity (Wildman–Crippen MR) is 111 cm³/mol. The topological polar surface area (TPSA) is 80.8 Å². The van der Waals surface area contributed by atoms with Crippen LogP contribution in [0.25, 0.3) is 0 Å². The summed E-state index contributed by atoms with van der Waals surface area (Å²) in [6, 6.07) is 10.7. The summed E-state index contributed by atoms with van der Waals surface area (Å²) in [5.41, 5.74) is 1.24. The minimum atomic E-state index is -0.195. The number of pyridine rings is 1. The van der Waals surface area contributed by atoms with Crippen LogP contribution >= 0.6 is 0 Å². The summed E-state index contributed by atoms with van der Waals surface area (Å²) in [5, 5.41) is 2.89. The Morgan fingerprint density at radius 2 is 1.83 bits per heavy atom. The van der Waals surface area contributed by atoms with E-state index in [2.05, 4.69) is 15.2 Å². The Hall–Kier alpha value is -3.09. The van der Waals surface area contributed by atoms with Crippen molar-refractivity contribution in [3.8, 4) is 5.75 Å². The zero-order valence-electron chi connectivity index (χ0n) is 16.9. The van der Waals surface area contributed by atoms with Gasteiger partial charge in [0.15, 0.2) is 0 Å². The highest BCUT2D eigenvalue weighted by atomic mass is 16.5. The molecule has 0 aliphatic carbocycles. The summed E-state index contributed by atoms with van der Waals surface area (Å²) >= 11 is 0. The summed E-state index contributed by atoms with van der Waals surface area (Å²) < 4.78 is 10.5. The summed E-state index contributed by atoms with van der Waals surface area (Å²) in [6.07, 6.45) is 3.09. The van der Waals surface area contributed by atoms with Crippen LogP contribution in [-0.4, -0.2) is 43.2 Å². The first kappa shape index (κ1) is 20.6. The molecule has 1 saturated heterocycles. The number of carbonyl (C=O) groups excluding carboxylic acids is 2. The standard InChI is InChI=1S/C22H27N3O4/c1-3-28-19-7-5-18(6-8-19)24-21(26)17-9-12-23-20(15-17)25-13-10-16(11-14-25)22(27)29-4-2/h5-9,12,15-16H,3-4,10-11,13-14H2,1-2H3,(H,24,26). The van der Waals surface area contributed by atoms with E-state index in [0.29, 0.717) is 37.6 Å². The summed E-state index contributed by atoms with van der Waals surface area (Å²) in [6.45, 7) is 6.17. The van der Waals surface area contributed by atoms with E-state index in [1.165, 1.54) is 0 Å². The van der Waals surface area contributed by atoms with Crippen LogP contribution in [0.3, 0.4) is 0 Å². The van der Waals surface area contributed by atoms with Gasteiger partial charge in [-0.25, -0.2) is 4.98 Å². The zero-order valence-corrected chi connectivity index (χ0v) is 16.9. The average molecular weight is 397 g/mol. The molecule has 1 amide bonds. The third-order valence-electron chi connectivity index (χ3n) is 4.87. The molecule has 0 saturated carbocycles. The Morgan fingerprint density at radius 3 is 2.48 bits per heavy atom. The number of ether oxygens (including phenoxy) is 2. The zero-order chi connectivity index (χ0) is 20.6. The maximum atomic E-state index is 12.6. The minimum absolute atomic E-state index is 0.0580. The van der Waals surface area contributed by atoms with Crippen molar-refractivity contribution in [1.82, 2.24) is 4.98 Å². The second-order valence-electron chi connectivity index (χ2n) is 6.83. The van der Waals surface area contributed by atoms with E-state index in [-0.39, 0.29) is 17.8 Å². The number of amides is 1. The van der Waals surface area contributed by atoms with Gasteiger partial charge in [-0.1, -0.05) is 0 Å². The van der Waals surface area contributed by atoms with Gasteiger partial charge in [-0.2, -0.15) is 0 Å². The fourth-order valence-corrected chi connectivity index (χ4v) is 3.34. The van der Waals surface area contributed by atoms with Crippen LogP contribution in [0.1, 0.15) is 37.0 Å². The Kier molecular flexibility index (Phi) is 7.05. The van der Waals surface area contributed by atoms with Crippen LogP contribution in [0, 0.1) is 5.92 Å². The molecule has 1 aliphatic rings. The fourth-order valence-electron chi connectivity index (χ4n) is 3.34. The van der Waals surface area contributed by atoms with Crippen LogP contribution in [-0.2, 0) is 9.53 Å². The number of piperidine rings is 1. The summed E-state index contributed by atoms with van der Waals surface area (Å²) in [5.74, 6) is 1.13. The van der Waals surface area contributed by atoms with Gasteiger partial charge in [-0.3, -0.25) is 9.59 Å². The molecule has 29 heavy (non-hydrogen) atoms. The molecule has 0 atom stereocenters. The quantitative estimate of drug-likeness (QED) is 0.720. The van der Waals surface area contributed by atoms with E-state index in [9.17, 15) is 9.59 Å². The lowest BCUT2D eigenvalue weighted by atomic mass is 9.97. The molecule has 0 spiro atoms. The molecule has 1 aromatic heterocycles. The molecule has 1 aliphatic heterocycles. The van der Waals surface area contributed by atoms with Crippen LogP contribution in [0.4, 0.5) is 11.5 Å². The molecule has 1 fully saturated rings. The van der Waals surface area contributed by atoms with Gasteiger partial charge in [0.25, 0.3) is 5.91 Å². The summed E-state index contributed by atoms with van der Waals surface area (Å²) in [7, 11) is 0. The van der Waals surface area contributed by atoms with Crippen molar-refractivity contribution in [3.05, 3.63) is 48.2 Å². The minimum Gasteiger partial charge on any atom is -0.494 e. The number of benzene rings is 1. The number of carbonyl (C=O) groups is 2. The lowest BCUT2D eigenvalue weighted by Gasteiger charge is -2.31. The van der Waals surface area contributed by atoms with Gasteiger partial charge in [-0.05, 0) is 63.1 Å². The normalized spacial score (nSPS) is 14.3. The number of anilines is 2. The van der Waals surface area contributed by atoms with E-state index in [1.807, 2.05) is 38.1 Å². The highest BCUT2D eigenvalue weighted by molar-refractivity contribution is 6.04. The van der Waals surface area contributed by atoms with Crippen molar-refractivity contribution in [2.24, 2.45) is 5.92 Å². The molecule has 0 radical (unpaired) electrons. The molecule has 3 rings (SSSR count).